The number of aliphatic carboxylic acids is 1. The molecule has 0 aromatic heterocycles. The molecule has 0 saturated heterocycles. The summed E-state index contributed by atoms with van der Waals surface area (Å²) >= 11 is 0. The van der Waals surface area contributed by atoms with Crippen molar-refractivity contribution < 1.29 is 14.7 Å². The Morgan fingerprint density at radius 3 is 2.35 bits per heavy atom. The van der Waals surface area contributed by atoms with Crippen LogP contribution in [0.5, 0.6) is 0 Å². The molecule has 6 nitrogen and oxygen atoms in total. The van der Waals surface area contributed by atoms with Crippen LogP contribution in [0.15, 0.2) is 0 Å². The number of amides is 2. The van der Waals surface area contributed by atoms with E-state index < -0.39 is 18.0 Å². The molecule has 0 aliphatic rings. The Labute approximate surface area is 102 Å². The molecular weight excluding hydrogens is 222 g/mol. The number of nitrogens with zero attached hydrogens (tertiary/aromatic N) is 1. The minimum atomic E-state index is -0.998. The van der Waals surface area contributed by atoms with Gasteiger partial charge < -0.3 is 20.6 Å². The van der Waals surface area contributed by atoms with Crippen molar-refractivity contribution in [2.45, 2.75) is 26.3 Å². The lowest BCUT2D eigenvalue weighted by Gasteiger charge is -2.20. The molecule has 0 spiro atoms. The van der Waals surface area contributed by atoms with E-state index in [9.17, 15) is 9.59 Å². The number of carbonyl (C=O) groups is 2. The maximum Gasteiger partial charge on any atom is 0.326 e. The average molecular weight is 245 g/mol. The molecule has 17 heavy (non-hydrogen) atoms. The first-order valence-corrected chi connectivity index (χ1v) is 5.80. The van der Waals surface area contributed by atoms with E-state index >= 15 is 0 Å². The van der Waals surface area contributed by atoms with Crippen LogP contribution in [-0.2, 0) is 4.79 Å². The highest BCUT2D eigenvalue weighted by molar-refractivity contribution is 5.82. The summed E-state index contributed by atoms with van der Waals surface area (Å²) in [6, 6.07) is -1.26. The van der Waals surface area contributed by atoms with Crippen LogP contribution < -0.4 is 10.6 Å². The highest BCUT2D eigenvalue weighted by Crippen LogP contribution is 2.07. The number of carbonyl (C=O) groups excluding carboxylic acids is 1. The van der Waals surface area contributed by atoms with E-state index in [4.69, 9.17) is 5.11 Å². The molecule has 0 aromatic rings. The molecule has 0 rings (SSSR count). The van der Waals surface area contributed by atoms with Gasteiger partial charge in [0.25, 0.3) is 0 Å². The molecular formula is C11H23N3O3. The topological polar surface area (TPSA) is 81.7 Å². The van der Waals surface area contributed by atoms with Crippen LogP contribution in [0.2, 0.25) is 0 Å². The fourth-order valence-electron chi connectivity index (χ4n) is 1.27. The molecule has 0 fully saturated rings. The van der Waals surface area contributed by atoms with Crippen LogP contribution in [-0.4, -0.2) is 55.2 Å². The van der Waals surface area contributed by atoms with Gasteiger partial charge in [0.15, 0.2) is 0 Å². The third-order valence-electron chi connectivity index (χ3n) is 2.61. The van der Waals surface area contributed by atoms with Crippen molar-refractivity contribution in [3.05, 3.63) is 0 Å². The van der Waals surface area contributed by atoms with Crippen molar-refractivity contribution in [2.24, 2.45) is 5.92 Å². The number of carboxylic acids is 1. The van der Waals surface area contributed by atoms with Crippen LogP contribution in [0.3, 0.4) is 0 Å². The lowest BCUT2D eigenvalue weighted by atomic mass is 9.99. The van der Waals surface area contributed by atoms with Crippen molar-refractivity contribution in [3.63, 3.8) is 0 Å². The number of nitrogens with one attached hydrogen (secondary N) is 2. The first-order chi connectivity index (χ1) is 7.88. The van der Waals surface area contributed by atoms with E-state index in [0.29, 0.717) is 19.5 Å². The zero-order valence-electron chi connectivity index (χ0n) is 11.0. The van der Waals surface area contributed by atoms with Gasteiger partial charge in [0.2, 0.25) is 0 Å². The second kappa shape index (κ2) is 7.89. The zero-order valence-corrected chi connectivity index (χ0v) is 11.0. The smallest absolute Gasteiger partial charge is 0.326 e. The van der Waals surface area contributed by atoms with Crippen LogP contribution in [0, 0.1) is 5.92 Å². The van der Waals surface area contributed by atoms with E-state index in [0.717, 1.165) is 0 Å². The SMILES string of the molecule is CCC(C)[C@H](NC(=O)NCCN(C)C)C(=O)O. The monoisotopic (exact) mass is 245 g/mol. The summed E-state index contributed by atoms with van der Waals surface area (Å²) in [5.41, 5.74) is 0. The molecule has 0 aliphatic carbocycles. The summed E-state index contributed by atoms with van der Waals surface area (Å²) in [5, 5.41) is 14.1. The lowest BCUT2D eigenvalue weighted by molar-refractivity contribution is -0.140. The van der Waals surface area contributed by atoms with E-state index in [1.165, 1.54) is 0 Å². The maximum atomic E-state index is 11.5. The zero-order chi connectivity index (χ0) is 13.4. The maximum absolute atomic E-state index is 11.5. The van der Waals surface area contributed by atoms with E-state index in [2.05, 4.69) is 10.6 Å². The van der Waals surface area contributed by atoms with Gasteiger partial charge in [0.1, 0.15) is 6.04 Å². The summed E-state index contributed by atoms with van der Waals surface area (Å²) in [4.78, 5) is 24.4. The number of likely N-dealkylation sites (N-methyl/N-ethyl adjacent to an activating group) is 1. The number of carboxylic acid groups (broad SMARTS) is 1. The number of rotatable bonds is 7. The van der Waals surface area contributed by atoms with Gasteiger partial charge in [-0.25, -0.2) is 9.59 Å². The molecule has 1 unspecified atom stereocenters. The molecule has 0 aromatic carbocycles. The highest BCUT2D eigenvalue weighted by Gasteiger charge is 2.24. The Morgan fingerprint density at radius 1 is 1.35 bits per heavy atom. The van der Waals surface area contributed by atoms with Gasteiger partial charge in [-0.05, 0) is 20.0 Å². The van der Waals surface area contributed by atoms with Gasteiger partial charge in [-0.15, -0.1) is 0 Å². The summed E-state index contributed by atoms with van der Waals surface area (Å²) in [7, 11) is 3.80. The van der Waals surface area contributed by atoms with Gasteiger partial charge in [-0.2, -0.15) is 0 Å². The predicted molar refractivity (Wildman–Crippen MR) is 66.0 cm³/mol. The lowest BCUT2D eigenvalue weighted by Crippen LogP contribution is -2.49. The third-order valence-corrected chi connectivity index (χ3v) is 2.61. The molecule has 100 valence electrons. The van der Waals surface area contributed by atoms with Gasteiger partial charge in [-0.1, -0.05) is 20.3 Å². The predicted octanol–water partition coefficient (Wildman–Crippen LogP) is 0.347. The average Bonchev–Trinajstić information content (AvgIpc) is 2.24. The van der Waals surface area contributed by atoms with Crippen molar-refractivity contribution in [1.82, 2.24) is 15.5 Å². The van der Waals surface area contributed by atoms with Crippen molar-refractivity contribution in [2.75, 3.05) is 27.2 Å². The van der Waals surface area contributed by atoms with Crippen LogP contribution in [0.4, 0.5) is 4.79 Å². The van der Waals surface area contributed by atoms with Crippen LogP contribution >= 0.6 is 0 Å². The Balaban J connectivity index is 4.09. The first kappa shape index (κ1) is 15.7. The van der Waals surface area contributed by atoms with Gasteiger partial charge in [0, 0.05) is 13.1 Å². The number of hydrogen-bond donors (Lipinski definition) is 3. The first-order valence-electron chi connectivity index (χ1n) is 5.80. The molecule has 0 radical (unpaired) electrons. The normalized spacial score (nSPS) is 14.2. The Hall–Kier alpha value is -1.30. The molecule has 2 amide bonds. The Morgan fingerprint density at radius 2 is 1.94 bits per heavy atom. The van der Waals surface area contributed by atoms with Gasteiger partial charge in [0.05, 0.1) is 0 Å². The summed E-state index contributed by atoms with van der Waals surface area (Å²) < 4.78 is 0. The van der Waals surface area contributed by atoms with Crippen molar-refractivity contribution in [1.29, 1.82) is 0 Å². The third kappa shape index (κ3) is 6.78. The Kier molecular flexibility index (Phi) is 7.29. The number of urea groups is 1. The van der Waals surface area contributed by atoms with Crippen molar-refractivity contribution >= 4 is 12.0 Å². The Bertz CT molecular complexity index is 256. The minimum Gasteiger partial charge on any atom is -0.480 e. The molecule has 0 heterocycles. The second-order valence-corrected chi connectivity index (χ2v) is 4.40. The van der Waals surface area contributed by atoms with Crippen LogP contribution in [0.1, 0.15) is 20.3 Å². The fraction of sp³-hybridized carbons (Fsp3) is 0.818. The molecule has 0 bridgehead atoms. The summed E-state index contributed by atoms with van der Waals surface area (Å²) in [5.74, 6) is -1.09. The summed E-state index contributed by atoms with van der Waals surface area (Å²) in [6.07, 6.45) is 0.703. The quantitative estimate of drug-likeness (QED) is 0.604. The second-order valence-electron chi connectivity index (χ2n) is 4.40. The minimum absolute atomic E-state index is 0.0906. The number of hydrogen-bond acceptors (Lipinski definition) is 3. The van der Waals surface area contributed by atoms with E-state index in [-0.39, 0.29) is 5.92 Å². The summed E-state index contributed by atoms with van der Waals surface area (Å²) in [6.45, 7) is 4.91. The van der Waals surface area contributed by atoms with E-state index in [1.807, 2.05) is 25.9 Å². The van der Waals surface area contributed by atoms with Crippen molar-refractivity contribution in [3.8, 4) is 0 Å². The largest absolute Gasteiger partial charge is 0.480 e. The molecule has 3 N–H and O–H groups in total. The van der Waals surface area contributed by atoms with Crippen LogP contribution in [0.25, 0.3) is 0 Å². The molecule has 6 heteroatoms. The molecule has 0 aliphatic heterocycles. The van der Waals surface area contributed by atoms with E-state index in [1.54, 1.807) is 6.92 Å². The fourth-order valence-corrected chi connectivity index (χ4v) is 1.27. The standard InChI is InChI=1S/C11H23N3O3/c1-5-8(2)9(10(15)16)13-11(17)12-6-7-14(3)4/h8-9H,5-7H2,1-4H3,(H,15,16)(H2,12,13,17)/t8?,9-/m0/s1. The molecule has 2 atom stereocenters. The van der Waals surface area contributed by atoms with Gasteiger partial charge in [-0.3, -0.25) is 0 Å². The molecule has 0 saturated carbocycles. The van der Waals surface area contributed by atoms with Gasteiger partial charge >= 0.3 is 12.0 Å². The highest BCUT2D eigenvalue weighted by atomic mass is 16.4.